The number of thiophene rings is 1. The number of halogens is 1. The molecule has 1 heterocycles. The van der Waals surface area contributed by atoms with E-state index in [-0.39, 0.29) is 29.8 Å². The Balaban J connectivity index is 0.00000289. The van der Waals surface area contributed by atoms with Crippen molar-refractivity contribution in [3.63, 3.8) is 0 Å². The fourth-order valence-electron chi connectivity index (χ4n) is 1.52. The Morgan fingerprint density at radius 2 is 2.22 bits per heavy atom. The van der Waals surface area contributed by atoms with E-state index in [0.717, 1.165) is 6.42 Å². The van der Waals surface area contributed by atoms with Crippen molar-refractivity contribution >= 4 is 29.7 Å². The second kappa shape index (κ2) is 7.77. The van der Waals surface area contributed by atoms with Gasteiger partial charge in [0.1, 0.15) is 0 Å². The van der Waals surface area contributed by atoms with Crippen molar-refractivity contribution in [1.29, 1.82) is 0 Å². The van der Waals surface area contributed by atoms with Crippen LogP contribution in [0, 0.1) is 0 Å². The molecule has 0 spiro atoms. The van der Waals surface area contributed by atoms with E-state index in [0.29, 0.717) is 13.0 Å². The molecule has 18 heavy (non-hydrogen) atoms. The Hall–Kier alpha value is -0.580. The van der Waals surface area contributed by atoms with Gasteiger partial charge in [-0.2, -0.15) is 0 Å². The Morgan fingerprint density at radius 1 is 1.56 bits per heavy atom. The van der Waals surface area contributed by atoms with E-state index in [2.05, 4.69) is 30.6 Å². The van der Waals surface area contributed by atoms with E-state index in [4.69, 9.17) is 5.73 Å². The molecule has 1 rings (SSSR count). The second-order valence-electron chi connectivity index (χ2n) is 5.15. The number of amides is 1. The standard InChI is InChI=1S/C13H22N2OS.ClH/c1-10(14)6-7-12(16)15-9-13(2,3)11-5-4-8-17-11;/h4-5,8,10H,6-7,9,14H2,1-3H3,(H,15,16);1H. The summed E-state index contributed by atoms with van der Waals surface area (Å²) in [7, 11) is 0. The van der Waals surface area contributed by atoms with Gasteiger partial charge < -0.3 is 11.1 Å². The molecule has 0 aliphatic heterocycles. The van der Waals surface area contributed by atoms with Gasteiger partial charge in [0.25, 0.3) is 0 Å². The van der Waals surface area contributed by atoms with Gasteiger partial charge in [0.2, 0.25) is 5.91 Å². The zero-order valence-electron chi connectivity index (χ0n) is 11.2. The van der Waals surface area contributed by atoms with Crippen molar-refractivity contribution in [2.24, 2.45) is 5.73 Å². The Kier molecular flexibility index (Phi) is 7.52. The third-order valence-corrected chi connectivity index (χ3v) is 3.98. The zero-order valence-corrected chi connectivity index (χ0v) is 12.9. The van der Waals surface area contributed by atoms with Crippen LogP contribution in [0.4, 0.5) is 0 Å². The van der Waals surface area contributed by atoms with Crippen LogP contribution < -0.4 is 11.1 Å². The Bertz CT molecular complexity index is 350. The summed E-state index contributed by atoms with van der Waals surface area (Å²) >= 11 is 1.73. The summed E-state index contributed by atoms with van der Waals surface area (Å²) in [6.45, 7) is 6.88. The number of carbonyl (C=O) groups excluding carboxylic acids is 1. The van der Waals surface area contributed by atoms with E-state index in [1.807, 2.05) is 13.0 Å². The smallest absolute Gasteiger partial charge is 0.220 e. The molecule has 5 heteroatoms. The second-order valence-corrected chi connectivity index (χ2v) is 6.10. The maximum absolute atomic E-state index is 11.6. The fourth-order valence-corrected chi connectivity index (χ4v) is 2.37. The van der Waals surface area contributed by atoms with E-state index < -0.39 is 0 Å². The molecule has 0 radical (unpaired) electrons. The highest BCUT2D eigenvalue weighted by atomic mass is 35.5. The lowest BCUT2D eigenvalue weighted by Gasteiger charge is -2.23. The first kappa shape index (κ1) is 17.4. The van der Waals surface area contributed by atoms with E-state index in [9.17, 15) is 4.79 Å². The third kappa shape index (κ3) is 5.85. The van der Waals surface area contributed by atoms with Crippen molar-refractivity contribution < 1.29 is 4.79 Å². The lowest BCUT2D eigenvalue weighted by molar-refractivity contribution is -0.121. The van der Waals surface area contributed by atoms with E-state index >= 15 is 0 Å². The van der Waals surface area contributed by atoms with Crippen LogP contribution in [0.2, 0.25) is 0 Å². The summed E-state index contributed by atoms with van der Waals surface area (Å²) in [5.41, 5.74) is 5.62. The van der Waals surface area contributed by atoms with Crippen LogP contribution in [0.25, 0.3) is 0 Å². The van der Waals surface area contributed by atoms with Gasteiger partial charge in [-0.15, -0.1) is 23.7 Å². The monoisotopic (exact) mass is 290 g/mol. The van der Waals surface area contributed by atoms with Crippen LogP contribution in [0.3, 0.4) is 0 Å². The number of hydrogen-bond donors (Lipinski definition) is 2. The van der Waals surface area contributed by atoms with Crippen LogP contribution in [-0.4, -0.2) is 18.5 Å². The number of carbonyl (C=O) groups is 1. The molecule has 0 bridgehead atoms. The van der Waals surface area contributed by atoms with Gasteiger partial charge in [0, 0.05) is 29.3 Å². The summed E-state index contributed by atoms with van der Waals surface area (Å²) in [6, 6.07) is 4.24. The summed E-state index contributed by atoms with van der Waals surface area (Å²) in [5, 5.41) is 5.04. The number of rotatable bonds is 6. The van der Waals surface area contributed by atoms with Crippen molar-refractivity contribution in [2.45, 2.75) is 45.1 Å². The molecule has 1 atom stereocenters. The van der Waals surface area contributed by atoms with Crippen LogP contribution in [0.5, 0.6) is 0 Å². The molecule has 0 saturated carbocycles. The highest BCUT2D eigenvalue weighted by Crippen LogP contribution is 2.26. The molecule has 104 valence electrons. The summed E-state index contributed by atoms with van der Waals surface area (Å²) in [4.78, 5) is 12.9. The van der Waals surface area contributed by atoms with Crippen molar-refractivity contribution in [2.75, 3.05) is 6.54 Å². The van der Waals surface area contributed by atoms with E-state index in [1.165, 1.54) is 4.88 Å². The molecule has 0 aliphatic rings. The average molecular weight is 291 g/mol. The molecule has 1 amide bonds. The Morgan fingerprint density at radius 3 is 2.72 bits per heavy atom. The summed E-state index contributed by atoms with van der Waals surface area (Å²) in [5.74, 6) is 0.0898. The molecule has 1 unspecified atom stereocenters. The topological polar surface area (TPSA) is 55.1 Å². The highest BCUT2D eigenvalue weighted by Gasteiger charge is 2.22. The molecule has 0 fully saturated rings. The first-order chi connectivity index (χ1) is 7.92. The van der Waals surface area contributed by atoms with Crippen molar-refractivity contribution in [3.8, 4) is 0 Å². The van der Waals surface area contributed by atoms with Crippen molar-refractivity contribution in [1.82, 2.24) is 5.32 Å². The van der Waals surface area contributed by atoms with Gasteiger partial charge >= 0.3 is 0 Å². The first-order valence-electron chi connectivity index (χ1n) is 5.98. The van der Waals surface area contributed by atoms with Crippen LogP contribution in [0.1, 0.15) is 38.5 Å². The maximum Gasteiger partial charge on any atom is 0.220 e. The minimum atomic E-state index is -0.00183. The van der Waals surface area contributed by atoms with E-state index in [1.54, 1.807) is 11.3 Å². The maximum atomic E-state index is 11.6. The molecule has 3 nitrogen and oxygen atoms in total. The van der Waals surface area contributed by atoms with Crippen LogP contribution >= 0.6 is 23.7 Å². The van der Waals surface area contributed by atoms with Gasteiger partial charge in [-0.3, -0.25) is 4.79 Å². The highest BCUT2D eigenvalue weighted by molar-refractivity contribution is 7.10. The molecular weight excluding hydrogens is 268 g/mol. The molecule has 0 aliphatic carbocycles. The van der Waals surface area contributed by atoms with Gasteiger partial charge in [-0.05, 0) is 24.8 Å². The van der Waals surface area contributed by atoms with Gasteiger partial charge in [-0.25, -0.2) is 0 Å². The number of nitrogens with one attached hydrogen (secondary N) is 1. The van der Waals surface area contributed by atoms with Gasteiger partial charge in [0.05, 0.1) is 0 Å². The quantitative estimate of drug-likeness (QED) is 0.846. The van der Waals surface area contributed by atoms with Gasteiger partial charge in [0.15, 0.2) is 0 Å². The SMILES string of the molecule is CC(N)CCC(=O)NCC(C)(C)c1cccs1.Cl. The average Bonchev–Trinajstić information content (AvgIpc) is 2.77. The molecule has 0 saturated heterocycles. The molecular formula is C13H23ClN2OS. The number of nitrogens with two attached hydrogens (primary N) is 1. The molecule has 0 aromatic carbocycles. The fraction of sp³-hybridized carbons (Fsp3) is 0.615. The first-order valence-corrected chi connectivity index (χ1v) is 6.86. The minimum absolute atomic E-state index is 0. The summed E-state index contributed by atoms with van der Waals surface area (Å²) in [6.07, 6.45) is 1.25. The lowest BCUT2D eigenvalue weighted by atomic mass is 9.91. The predicted octanol–water partition coefficient (Wildman–Crippen LogP) is 2.69. The van der Waals surface area contributed by atoms with Crippen molar-refractivity contribution in [3.05, 3.63) is 22.4 Å². The minimum Gasteiger partial charge on any atom is -0.355 e. The molecule has 1 aromatic heterocycles. The Labute approximate surface area is 120 Å². The third-order valence-electron chi connectivity index (χ3n) is 2.74. The molecule has 3 N–H and O–H groups in total. The normalized spacial score (nSPS) is 12.7. The number of hydrogen-bond acceptors (Lipinski definition) is 3. The molecule has 1 aromatic rings. The van der Waals surface area contributed by atoms with Gasteiger partial charge in [-0.1, -0.05) is 19.9 Å². The zero-order chi connectivity index (χ0) is 12.9. The van der Waals surface area contributed by atoms with Crippen LogP contribution in [0.15, 0.2) is 17.5 Å². The largest absolute Gasteiger partial charge is 0.355 e. The predicted molar refractivity (Wildman–Crippen MR) is 80.5 cm³/mol. The van der Waals surface area contributed by atoms with Crippen LogP contribution in [-0.2, 0) is 10.2 Å². The summed E-state index contributed by atoms with van der Waals surface area (Å²) < 4.78 is 0. The lowest BCUT2D eigenvalue weighted by Crippen LogP contribution is -2.36.